The highest BCUT2D eigenvalue weighted by atomic mass is 32.2. The van der Waals surface area contributed by atoms with Crippen molar-refractivity contribution < 1.29 is 22.7 Å². The Morgan fingerprint density at radius 2 is 1.82 bits per heavy atom. The molecule has 1 aliphatic carbocycles. The Hall–Kier alpha value is -2.32. The quantitative estimate of drug-likeness (QED) is 0.692. The lowest BCUT2D eigenvalue weighted by Gasteiger charge is -2.21. The largest absolute Gasteiger partial charge is 0.486 e. The van der Waals surface area contributed by atoms with Crippen LogP contribution in [0.4, 0.5) is 0 Å². The molecule has 1 aromatic heterocycles. The Labute approximate surface area is 164 Å². The number of ketones is 1. The lowest BCUT2D eigenvalue weighted by atomic mass is 10.1. The second-order valence-corrected chi connectivity index (χ2v) is 9.42. The highest BCUT2D eigenvalue weighted by Crippen LogP contribution is 2.38. The lowest BCUT2D eigenvalue weighted by molar-refractivity contribution is 0.0972. The minimum Gasteiger partial charge on any atom is -0.486 e. The van der Waals surface area contributed by atoms with E-state index in [0.717, 1.165) is 28.5 Å². The minimum absolute atomic E-state index is 0.0792. The maximum Gasteiger partial charge on any atom is 0.243 e. The first-order valence-corrected chi connectivity index (χ1v) is 10.8. The fourth-order valence-corrected chi connectivity index (χ4v) is 4.83. The van der Waals surface area contributed by atoms with Gasteiger partial charge in [0.15, 0.2) is 17.3 Å². The van der Waals surface area contributed by atoms with Gasteiger partial charge in [-0.25, -0.2) is 8.42 Å². The monoisotopic (exact) mass is 404 g/mol. The van der Waals surface area contributed by atoms with Crippen LogP contribution in [0.2, 0.25) is 0 Å². The molecular weight excluding hydrogens is 380 g/mol. The van der Waals surface area contributed by atoms with Crippen LogP contribution in [0.1, 0.15) is 40.6 Å². The number of sulfonamides is 1. The summed E-state index contributed by atoms with van der Waals surface area (Å²) in [7, 11) is -2.40. The number of Topliss-reactive ketones (excluding diaryl/α,β-unsaturated/α-hetero) is 1. The number of fused-ring (bicyclic) bond motifs is 1. The van der Waals surface area contributed by atoms with Crippen molar-refractivity contribution in [2.75, 3.05) is 26.8 Å². The number of hydrogen-bond acceptors (Lipinski definition) is 5. The van der Waals surface area contributed by atoms with Gasteiger partial charge in [0.2, 0.25) is 10.0 Å². The number of aromatic nitrogens is 1. The molecule has 1 fully saturated rings. The van der Waals surface area contributed by atoms with E-state index in [4.69, 9.17) is 9.47 Å². The van der Waals surface area contributed by atoms with E-state index in [1.165, 1.54) is 19.2 Å². The van der Waals surface area contributed by atoms with Crippen LogP contribution in [0.5, 0.6) is 11.5 Å². The maximum atomic E-state index is 12.9. The fourth-order valence-electron chi connectivity index (χ4n) is 3.69. The highest BCUT2D eigenvalue weighted by Gasteiger charge is 2.30. The average Bonchev–Trinajstić information content (AvgIpc) is 3.45. The van der Waals surface area contributed by atoms with E-state index in [1.807, 2.05) is 19.9 Å². The molecule has 2 aliphatic rings. The van der Waals surface area contributed by atoms with Gasteiger partial charge in [0.05, 0.1) is 11.4 Å². The third-order valence-electron chi connectivity index (χ3n) is 5.28. The lowest BCUT2D eigenvalue weighted by Crippen LogP contribution is -2.32. The van der Waals surface area contributed by atoms with Gasteiger partial charge in [-0.2, -0.15) is 4.31 Å². The summed E-state index contributed by atoms with van der Waals surface area (Å²) in [6, 6.07) is 6.84. The smallest absolute Gasteiger partial charge is 0.243 e. The van der Waals surface area contributed by atoms with Gasteiger partial charge >= 0.3 is 0 Å². The van der Waals surface area contributed by atoms with Gasteiger partial charge in [-0.3, -0.25) is 4.79 Å². The first kappa shape index (κ1) is 19.0. The van der Waals surface area contributed by atoms with Crippen molar-refractivity contribution in [1.82, 2.24) is 8.87 Å². The number of hydrogen-bond donors (Lipinski definition) is 0. The Balaban J connectivity index is 1.55. The summed E-state index contributed by atoms with van der Waals surface area (Å²) >= 11 is 0. The van der Waals surface area contributed by atoms with Crippen molar-refractivity contribution >= 4 is 15.8 Å². The number of likely N-dealkylation sites (N-methyl/N-ethyl adjacent to an activating group) is 1. The van der Waals surface area contributed by atoms with E-state index in [2.05, 4.69) is 4.57 Å². The highest BCUT2D eigenvalue weighted by molar-refractivity contribution is 7.89. The molecule has 2 aromatic rings. The maximum absolute atomic E-state index is 12.9. The fraction of sp³-hybridized carbons (Fsp3) is 0.450. The number of benzene rings is 1. The van der Waals surface area contributed by atoms with E-state index in [0.29, 0.717) is 36.3 Å². The summed E-state index contributed by atoms with van der Waals surface area (Å²) in [6.45, 7) is 4.51. The molecule has 1 saturated carbocycles. The predicted molar refractivity (Wildman–Crippen MR) is 104 cm³/mol. The van der Waals surface area contributed by atoms with Gasteiger partial charge in [-0.1, -0.05) is 0 Å². The molecule has 0 unspecified atom stereocenters. The average molecular weight is 404 g/mol. The molecule has 0 radical (unpaired) electrons. The van der Waals surface area contributed by atoms with E-state index in [-0.39, 0.29) is 17.2 Å². The molecule has 0 amide bonds. The molecule has 0 N–H and O–H groups in total. The number of carbonyl (C=O) groups is 1. The molecule has 150 valence electrons. The first-order valence-electron chi connectivity index (χ1n) is 9.36. The summed E-state index contributed by atoms with van der Waals surface area (Å²) in [5, 5.41) is 0. The van der Waals surface area contributed by atoms with Crippen molar-refractivity contribution in [3.05, 3.63) is 41.2 Å². The SMILES string of the molecule is Cc1cc(C(=O)CN(C)S(=O)(=O)c2ccc3c(c2)OCCO3)c(C)n1C1CC1. The minimum atomic E-state index is -3.83. The normalized spacial score (nSPS) is 16.4. The third-order valence-corrected chi connectivity index (χ3v) is 7.08. The molecular formula is C20H24N2O5S. The Morgan fingerprint density at radius 3 is 2.50 bits per heavy atom. The summed E-state index contributed by atoms with van der Waals surface area (Å²) in [6.07, 6.45) is 2.25. The van der Waals surface area contributed by atoms with E-state index < -0.39 is 10.0 Å². The Morgan fingerprint density at radius 1 is 1.14 bits per heavy atom. The van der Waals surface area contributed by atoms with Crippen LogP contribution in [0.3, 0.4) is 0 Å². The molecule has 8 heteroatoms. The zero-order chi connectivity index (χ0) is 20.1. The van der Waals surface area contributed by atoms with E-state index in [1.54, 1.807) is 6.07 Å². The predicted octanol–water partition coefficient (Wildman–Crippen LogP) is 2.71. The van der Waals surface area contributed by atoms with Crippen molar-refractivity contribution in [3.63, 3.8) is 0 Å². The summed E-state index contributed by atoms with van der Waals surface area (Å²) in [5.74, 6) is 0.722. The number of rotatable bonds is 6. The Bertz CT molecular complexity index is 1040. The summed E-state index contributed by atoms with van der Waals surface area (Å²) < 4.78 is 40.0. The van der Waals surface area contributed by atoms with Gasteiger partial charge in [0.1, 0.15) is 13.2 Å². The van der Waals surface area contributed by atoms with E-state index in [9.17, 15) is 13.2 Å². The van der Waals surface area contributed by atoms with Gasteiger partial charge in [0, 0.05) is 36.1 Å². The van der Waals surface area contributed by atoms with Gasteiger partial charge in [-0.15, -0.1) is 0 Å². The van der Waals surface area contributed by atoms with Crippen LogP contribution in [0.15, 0.2) is 29.2 Å². The summed E-state index contributed by atoms with van der Waals surface area (Å²) in [5.41, 5.74) is 2.55. The van der Waals surface area contributed by atoms with Gasteiger partial charge in [0.25, 0.3) is 0 Å². The topological polar surface area (TPSA) is 77.8 Å². The molecule has 1 aliphatic heterocycles. The van der Waals surface area contributed by atoms with Crippen molar-refractivity contribution in [3.8, 4) is 11.5 Å². The third kappa shape index (κ3) is 3.31. The summed E-state index contributed by atoms with van der Waals surface area (Å²) in [4.78, 5) is 12.9. The standard InChI is InChI=1S/C20H24N2O5S/c1-13-10-17(14(2)22(13)15-4-5-15)18(23)12-21(3)28(24,25)16-6-7-19-20(11-16)27-9-8-26-19/h6-7,10-11,15H,4-5,8-9,12H2,1-3H3. The second kappa shape index (κ2) is 6.93. The number of nitrogens with zero attached hydrogens (tertiary/aromatic N) is 2. The second-order valence-electron chi connectivity index (χ2n) is 7.38. The molecule has 0 spiro atoms. The number of aryl methyl sites for hydroxylation is 1. The zero-order valence-electron chi connectivity index (χ0n) is 16.3. The van der Waals surface area contributed by atoms with Gasteiger partial charge < -0.3 is 14.0 Å². The molecule has 0 saturated heterocycles. The Kier molecular flexibility index (Phi) is 4.71. The number of carbonyl (C=O) groups excluding carboxylic acids is 1. The molecule has 0 bridgehead atoms. The van der Waals surface area contributed by atoms with Crippen LogP contribution in [0.25, 0.3) is 0 Å². The van der Waals surface area contributed by atoms with Crippen molar-refractivity contribution in [2.24, 2.45) is 0 Å². The van der Waals surface area contributed by atoms with E-state index >= 15 is 0 Å². The van der Waals surface area contributed by atoms with Crippen LogP contribution in [-0.2, 0) is 10.0 Å². The molecule has 4 rings (SSSR count). The van der Waals surface area contributed by atoms with Crippen LogP contribution < -0.4 is 9.47 Å². The molecule has 7 nitrogen and oxygen atoms in total. The van der Waals surface area contributed by atoms with Crippen LogP contribution in [-0.4, -0.2) is 49.9 Å². The molecule has 2 heterocycles. The van der Waals surface area contributed by atoms with Gasteiger partial charge in [-0.05, 0) is 44.9 Å². The molecule has 28 heavy (non-hydrogen) atoms. The van der Waals surface area contributed by atoms with Crippen LogP contribution >= 0.6 is 0 Å². The van der Waals surface area contributed by atoms with Crippen molar-refractivity contribution in [2.45, 2.75) is 37.6 Å². The zero-order valence-corrected chi connectivity index (χ0v) is 17.1. The molecule has 0 atom stereocenters. The number of ether oxygens (including phenoxy) is 2. The van der Waals surface area contributed by atoms with Crippen LogP contribution in [0, 0.1) is 13.8 Å². The first-order chi connectivity index (χ1) is 13.3. The molecule has 1 aromatic carbocycles. The van der Waals surface area contributed by atoms with Crippen molar-refractivity contribution in [1.29, 1.82) is 0 Å².